The van der Waals surface area contributed by atoms with Gasteiger partial charge >= 0.3 is 0 Å². The first-order valence-electron chi connectivity index (χ1n) is 5.95. The smallest absolute Gasteiger partial charge is 0.242 e. The Morgan fingerprint density at radius 1 is 1.53 bits per heavy atom. The molecule has 0 radical (unpaired) electrons. The Balaban J connectivity index is 2.32. The van der Waals surface area contributed by atoms with Crippen LogP contribution in [0.15, 0.2) is 24.3 Å². The summed E-state index contributed by atoms with van der Waals surface area (Å²) >= 11 is 7.68. The van der Waals surface area contributed by atoms with Crippen molar-refractivity contribution in [3.63, 3.8) is 0 Å². The van der Waals surface area contributed by atoms with Crippen molar-refractivity contribution in [2.75, 3.05) is 12.8 Å². The van der Waals surface area contributed by atoms with E-state index < -0.39 is 6.04 Å². The molecule has 1 aliphatic rings. The lowest BCUT2D eigenvalue weighted by atomic mass is 10.1. The second-order valence-corrected chi connectivity index (χ2v) is 5.75. The number of nitrogens with zero attached hydrogens (tertiary/aromatic N) is 1. The lowest BCUT2D eigenvalue weighted by Gasteiger charge is -2.29. The summed E-state index contributed by atoms with van der Waals surface area (Å²) < 4.78 is 0. The van der Waals surface area contributed by atoms with E-state index >= 15 is 0 Å². The van der Waals surface area contributed by atoms with Gasteiger partial charge in [0.05, 0.1) is 5.75 Å². The van der Waals surface area contributed by atoms with Gasteiger partial charge in [0.1, 0.15) is 11.4 Å². The number of nitrogens with one attached hydrogen (secondary N) is 1. The quantitative estimate of drug-likeness (QED) is 0.929. The largest absolute Gasteiger partial charge is 0.357 e. The predicted molar refractivity (Wildman–Crippen MR) is 77.0 cm³/mol. The van der Waals surface area contributed by atoms with Crippen LogP contribution in [0.1, 0.15) is 17.9 Å². The molecule has 1 N–H and O–H groups in total. The first-order valence-corrected chi connectivity index (χ1v) is 7.37. The zero-order valence-corrected chi connectivity index (χ0v) is 12.3. The van der Waals surface area contributed by atoms with E-state index in [2.05, 4.69) is 5.32 Å². The SMILES string of the molecule is CNC(=O)[C@H](C)N1C(=O)CS[C@H]1c1ccccc1Cl. The molecule has 4 nitrogen and oxygen atoms in total. The molecule has 2 rings (SSSR count). The highest BCUT2D eigenvalue weighted by molar-refractivity contribution is 8.00. The highest BCUT2D eigenvalue weighted by Crippen LogP contribution is 2.42. The maximum atomic E-state index is 12.0. The third kappa shape index (κ3) is 2.72. The lowest BCUT2D eigenvalue weighted by Crippen LogP contribution is -2.45. The normalized spacial score (nSPS) is 20.5. The van der Waals surface area contributed by atoms with E-state index in [0.29, 0.717) is 10.8 Å². The van der Waals surface area contributed by atoms with Crippen molar-refractivity contribution in [1.82, 2.24) is 10.2 Å². The molecule has 2 amide bonds. The van der Waals surface area contributed by atoms with Gasteiger partial charge in [-0.2, -0.15) is 0 Å². The molecule has 6 heteroatoms. The molecule has 0 unspecified atom stereocenters. The molecular weight excluding hydrogens is 284 g/mol. The number of carbonyl (C=O) groups is 2. The highest BCUT2D eigenvalue weighted by Gasteiger charge is 2.39. The zero-order valence-electron chi connectivity index (χ0n) is 10.7. The first kappa shape index (κ1) is 14.2. The molecule has 1 fully saturated rings. The number of halogens is 1. The number of hydrogen-bond donors (Lipinski definition) is 1. The second-order valence-electron chi connectivity index (χ2n) is 4.28. The van der Waals surface area contributed by atoms with Crippen LogP contribution in [0.25, 0.3) is 0 Å². The number of likely N-dealkylation sites (N-methyl/N-ethyl adjacent to an activating group) is 1. The summed E-state index contributed by atoms with van der Waals surface area (Å²) in [6.07, 6.45) is 0. The molecule has 1 aliphatic heterocycles. The van der Waals surface area contributed by atoms with E-state index in [0.717, 1.165) is 5.56 Å². The molecule has 0 aliphatic carbocycles. The van der Waals surface area contributed by atoms with Crippen molar-refractivity contribution < 1.29 is 9.59 Å². The molecule has 1 aromatic rings. The molecule has 0 spiro atoms. The number of benzene rings is 1. The fraction of sp³-hybridized carbons (Fsp3) is 0.385. The summed E-state index contributed by atoms with van der Waals surface area (Å²) in [6.45, 7) is 1.73. The topological polar surface area (TPSA) is 49.4 Å². The van der Waals surface area contributed by atoms with E-state index in [1.165, 1.54) is 11.8 Å². The number of thioether (sulfide) groups is 1. The molecule has 102 valence electrons. The van der Waals surface area contributed by atoms with E-state index in [4.69, 9.17) is 11.6 Å². The van der Waals surface area contributed by atoms with Gasteiger partial charge in [-0.05, 0) is 13.0 Å². The first-order chi connectivity index (χ1) is 9.06. The average Bonchev–Trinajstić information content (AvgIpc) is 2.79. The maximum absolute atomic E-state index is 12.0. The monoisotopic (exact) mass is 298 g/mol. The van der Waals surface area contributed by atoms with Crippen molar-refractivity contribution in [3.05, 3.63) is 34.9 Å². The van der Waals surface area contributed by atoms with Crippen molar-refractivity contribution >= 4 is 35.2 Å². The molecule has 1 saturated heterocycles. The van der Waals surface area contributed by atoms with Gasteiger partial charge in [-0.15, -0.1) is 11.8 Å². The third-order valence-corrected chi connectivity index (χ3v) is 4.67. The number of carbonyl (C=O) groups excluding carboxylic acids is 2. The molecular formula is C13H15ClN2O2S. The van der Waals surface area contributed by atoms with Gasteiger partial charge < -0.3 is 10.2 Å². The number of rotatable bonds is 3. The van der Waals surface area contributed by atoms with Gasteiger partial charge in [-0.25, -0.2) is 0 Å². The summed E-state index contributed by atoms with van der Waals surface area (Å²) in [6, 6.07) is 6.91. The molecule has 2 atom stereocenters. The van der Waals surface area contributed by atoms with E-state index in [1.807, 2.05) is 18.2 Å². The van der Waals surface area contributed by atoms with Crippen LogP contribution >= 0.6 is 23.4 Å². The summed E-state index contributed by atoms with van der Waals surface area (Å²) in [7, 11) is 1.57. The zero-order chi connectivity index (χ0) is 14.0. The van der Waals surface area contributed by atoms with E-state index in [9.17, 15) is 9.59 Å². The Morgan fingerprint density at radius 3 is 2.84 bits per heavy atom. The van der Waals surface area contributed by atoms with Crippen molar-refractivity contribution in [1.29, 1.82) is 0 Å². The van der Waals surface area contributed by atoms with Crippen LogP contribution in [0, 0.1) is 0 Å². The van der Waals surface area contributed by atoms with Crippen LogP contribution in [0.4, 0.5) is 0 Å². The van der Waals surface area contributed by atoms with Crippen LogP contribution in [0.2, 0.25) is 5.02 Å². The summed E-state index contributed by atoms with van der Waals surface area (Å²) in [5.41, 5.74) is 0.871. The second kappa shape index (κ2) is 5.84. The van der Waals surface area contributed by atoms with Crippen LogP contribution in [0.5, 0.6) is 0 Å². The fourth-order valence-electron chi connectivity index (χ4n) is 2.11. The Labute approximate surface area is 121 Å². The summed E-state index contributed by atoms with van der Waals surface area (Å²) in [5.74, 6) is 0.163. The minimum atomic E-state index is -0.506. The Bertz CT molecular complexity index is 509. The average molecular weight is 299 g/mol. The van der Waals surface area contributed by atoms with E-state index in [1.54, 1.807) is 24.9 Å². The summed E-state index contributed by atoms with van der Waals surface area (Å²) in [4.78, 5) is 25.4. The lowest BCUT2D eigenvalue weighted by molar-refractivity contribution is -0.137. The molecule has 0 aromatic heterocycles. The van der Waals surface area contributed by atoms with Gasteiger partial charge in [0.15, 0.2) is 0 Å². The van der Waals surface area contributed by atoms with Crippen molar-refractivity contribution in [3.8, 4) is 0 Å². The molecule has 1 heterocycles. The Morgan fingerprint density at radius 2 is 2.21 bits per heavy atom. The molecule has 1 aromatic carbocycles. The van der Waals surface area contributed by atoms with Gasteiger partial charge in [0.2, 0.25) is 11.8 Å². The van der Waals surface area contributed by atoms with Gasteiger partial charge in [0.25, 0.3) is 0 Å². The standard InChI is InChI=1S/C13H15ClN2O2S/c1-8(12(18)15-2)16-11(17)7-19-13(16)9-5-3-4-6-10(9)14/h3-6,8,13H,7H2,1-2H3,(H,15,18)/t8-,13-/m0/s1. The molecule has 0 bridgehead atoms. The third-order valence-electron chi connectivity index (χ3n) is 3.12. The molecule has 0 saturated carbocycles. The minimum absolute atomic E-state index is 0.0361. The van der Waals surface area contributed by atoms with Crippen LogP contribution in [-0.2, 0) is 9.59 Å². The van der Waals surface area contributed by atoms with Crippen LogP contribution in [-0.4, -0.2) is 35.6 Å². The molecule has 19 heavy (non-hydrogen) atoms. The van der Waals surface area contributed by atoms with Crippen molar-refractivity contribution in [2.45, 2.75) is 18.3 Å². The van der Waals surface area contributed by atoms with E-state index in [-0.39, 0.29) is 17.2 Å². The number of amides is 2. The van der Waals surface area contributed by atoms with Crippen LogP contribution < -0.4 is 5.32 Å². The van der Waals surface area contributed by atoms with Gasteiger partial charge in [-0.3, -0.25) is 9.59 Å². The predicted octanol–water partition coefficient (Wildman–Crippen LogP) is 2.05. The minimum Gasteiger partial charge on any atom is -0.357 e. The van der Waals surface area contributed by atoms with Gasteiger partial charge in [0, 0.05) is 17.6 Å². The fourth-order valence-corrected chi connectivity index (χ4v) is 3.70. The Kier molecular flexibility index (Phi) is 4.37. The Hall–Kier alpha value is -1.20. The van der Waals surface area contributed by atoms with Crippen LogP contribution in [0.3, 0.4) is 0 Å². The number of hydrogen-bond acceptors (Lipinski definition) is 3. The highest BCUT2D eigenvalue weighted by atomic mass is 35.5. The van der Waals surface area contributed by atoms with Gasteiger partial charge in [-0.1, -0.05) is 29.8 Å². The van der Waals surface area contributed by atoms with Crippen molar-refractivity contribution in [2.24, 2.45) is 0 Å². The maximum Gasteiger partial charge on any atom is 0.242 e. The summed E-state index contributed by atoms with van der Waals surface area (Å²) in [5, 5.41) is 2.99.